The van der Waals surface area contributed by atoms with Crippen molar-refractivity contribution < 1.29 is 9.15 Å². The molecule has 0 bridgehead atoms. The van der Waals surface area contributed by atoms with Crippen LogP contribution >= 0.6 is 0 Å². The smallest absolute Gasteiger partial charge is 0.336 e. The molecule has 1 unspecified atom stereocenters. The first-order valence-electron chi connectivity index (χ1n) is 7.68. The van der Waals surface area contributed by atoms with E-state index in [1.54, 1.807) is 12.1 Å². The van der Waals surface area contributed by atoms with Crippen LogP contribution in [0.5, 0.6) is 5.75 Å². The molecular formula is C18H15N3O3. The van der Waals surface area contributed by atoms with Crippen LogP contribution in [0.3, 0.4) is 0 Å². The molecule has 0 fully saturated rings. The first kappa shape index (κ1) is 14.4. The molecule has 1 atom stereocenters. The van der Waals surface area contributed by atoms with Crippen molar-refractivity contribution in [1.82, 2.24) is 0 Å². The van der Waals surface area contributed by atoms with Gasteiger partial charge in [-0.3, -0.25) is 0 Å². The lowest BCUT2D eigenvalue weighted by Gasteiger charge is -2.14. The molecule has 1 aliphatic heterocycles. The summed E-state index contributed by atoms with van der Waals surface area (Å²) in [5, 5.41) is 11.1. The Kier molecular flexibility index (Phi) is 3.70. The molecule has 2 aromatic carbocycles. The summed E-state index contributed by atoms with van der Waals surface area (Å²) in [5.74, 6) is 0.644. The van der Waals surface area contributed by atoms with Crippen LogP contribution in [0.1, 0.15) is 0 Å². The fraction of sp³-hybridized carbons (Fsp3) is 0.167. The minimum atomic E-state index is -0.372. The van der Waals surface area contributed by atoms with Crippen LogP contribution in [0.15, 0.2) is 80.2 Å². The topological polar surface area (TPSA) is 67.4 Å². The van der Waals surface area contributed by atoms with Crippen molar-refractivity contribution in [3.05, 3.63) is 71.1 Å². The average Bonchev–Trinajstić information content (AvgIpc) is 3.09. The lowest BCUT2D eigenvalue weighted by atomic mass is 10.2. The second kappa shape index (κ2) is 6.16. The summed E-state index contributed by atoms with van der Waals surface area (Å²) in [6, 6.07) is 18.4. The normalized spacial score (nSPS) is 16.7. The molecular weight excluding hydrogens is 306 g/mol. The maximum Gasteiger partial charge on any atom is 0.336 e. The second-order valence-corrected chi connectivity index (χ2v) is 5.54. The molecule has 0 radical (unpaired) electrons. The van der Waals surface area contributed by atoms with E-state index in [0.717, 1.165) is 11.1 Å². The standard InChI is InChI=1S/C18H15N3O3/c22-18-9-7-13-6-8-16(10-17(13)24-18)23-12-14-11-21(20-19-14)15-4-2-1-3-5-15/h1-10,14H,11-12H2. The number of anilines is 1. The molecule has 0 aliphatic carbocycles. The van der Waals surface area contributed by atoms with Gasteiger partial charge in [-0.15, -0.1) is 0 Å². The Hall–Kier alpha value is -3.15. The van der Waals surface area contributed by atoms with Gasteiger partial charge in [-0.05, 0) is 30.3 Å². The molecule has 0 N–H and O–H groups in total. The number of hydrogen-bond acceptors (Lipinski definition) is 6. The molecule has 6 nitrogen and oxygen atoms in total. The van der Waals surface area contributed by atoms with Gasteiger partial charge < -0.3 is 9.15 Å². The number of hydrogen-bond donors (Lipinski definition) is 0. The Morgan fingerprint density at radius 3 is 2.83 bits per heavy atom. The molecule has 4 rings (SSSR count). The maximum atomic E-state index is 11.3. The van der Waals surface area contributed by atoms with Crippen LogP contribution < -0.4 is 15.4 Å². The summed E-state index contributed by atoms with van der Waals surface area (Å²) in [7, 11) is 0. The van der Waals surface area contributed by atoms with Crippen molar-refractivity contribution in [2.24, 2.45) is 10.3 Å². The fourth-order valence-electron chi connectivity index (χ4n) is 2.57. The molecule has 6 heteroatoms. The molecule has 2 heterocycles. The number of para-hydroxylation sites is 1. The number of nitrogens with zero attached hydrogens (tertiary/aromatic N) is 3. The van der Waals surface area contributed by atoms with Crippen molar-refractivity contribution >= 4 is 16.7 Å². The third-order valence-electron chi connectivity index (χ3n) is 3.80. The van der Waals surface area contributed by atoms with Gasteiger partial charge in [0.25, 0.3) is 0 Å². The van der Waals surface area contributed by atoms with Crippen LogP contribution in [-0.4, -0.2) is 19.2 Å². The van der Waals surface area contributed by atoms with Crippen molar-refractivity contribution in [2.45, 2.75) is 6.04 Å². The Morgan fingerprint density at radius 1 is 1.12 bits per heavy atom. The first-order chi connectivity index (χ1) is 11.8. The van der Waals surface area contributed by atoms with Gasteiger partial charge in [-0.1, -0.05) is 23.4 Å². The molecule has 24 heavy (non-hydrogen) atoms. The highest BCUT2D eigenvalue weighted by Gasteiger charge is 2.21. The van der Waals surface area contributed by atoms with E-state index >= 15 is 0 Å². The van der Waals surface area contributed by atoms with Crippen LogP contribution in [0.25, 0.3) is 11.0 Å². The summed E-state index contributed by atoms with van der Waals surface area (Å²) in [6.07, 6.45) is 0. The molecule has 3 aromatic rings. The molecule has 0 amide bonds. The molecule has 1 aliphatic rings. The SMILES string of the molecule is O=c1ccc2ccc(OCC3CN(c4ccccc4)N=N3)cc2o1. The molecule has 120 valence electrons. The number of rotatable bonds is 4. The summed E-state index contributed by atoms with van der Waals surface area (Å²) < 4.78 is 10.9. The average molecular weight is 321 g/mol. The molecule has 0 spiro atoms. The van der Waals surface area contributed by atoms with E-state index in [4.69, 9.17) is 9.15 Å². The highest BCUT2D eigenvalue weighted by atomic mass is 16.5. The minimum Gasteiger partial charge on any atom is -0.491 e. The Balaban J connectivity index is 1.41. The molecule has 0 saturated carbocycles. The predicted octanol–water partition coefficient (Wildman–Crippen LogP) is 3.43. The third kappa shape index (κ3) is 2.99. The number of ether oxygens (including phenoxy) is 1. The third-order valence-corrected chi connectivity index (χ3v) is 3.80. The van der Waals surface area contributed by atoms with E-state index in [2.05, 4.69) is 10.3 Å². The largest absolute Gasteiger partial charge is 0.491 e. The van der Waals surface area contributed by atoms with Gasteiger partial charge in [0.15, 0.2) is 0 Å². The van der Waals surface area contributed by atoms with E-state index in [1.807, 2.05) is 47.5 Å². The highest BCUT2D eigenvalue weighted by molar-refractivity contribution is 5.77. The van der Waals surface area contributed by atoms with Crippen molar-refractivity contribution in [1.29, 1.82) is 0 Å². The zero-order valence-corrected chi connectivity index (χ0v) is 12.8. The Morgan fingerprint density at radius 2 is 1.96 bits per heavy atom. The van der Waals surface area contributed by atoms with Crippen LogP contribution in [0, 0.1) is 0 Å². The number of fused-ring (bicyclic) bond motifs is 1. The highest BCUT2D eigenvalue weighted by Crippen LogP contribution is 2.22. The van der Waals surface area contributed by atoms with Crippen LogP contribution in [0.4, 0.5) is 5.69 Å². The fourth-order valence-corrected chi connectivity index (χ4v) is 2.57. The van der Waals surface area contributed by atoms with Crippen LogP contribution in [-0.2, 0) is 0 Å². The van der Waals surface area contributed by atoms with Gasteiger partial charge in [0.05, 0.1) is 12.2 Å². The van der Waals surface area contributed by atoms with E-state index in [-0.39, 0.29) is 11.7 Å². The first-order valence-corrected chi connectivity index (χ1v) is 7.68. The van der Waals surface area contributed by atoms with Gasteiger partial charge >= 0.3 is 5.63 Å². The predicted molar refractivity (Wildman–Crippen MR) is 90.4 cm³/mol. The summed E-state index contributed by atoms with van der Waals surface area (Å²) in [6.45, 7) is 1.09. The van der Waals surface area contributed by atoms with Crippen molar-refractivity contribution in [3.63, 3.8) is 0 Å². The van der Waals surface area contributed by atoms with Gasteiger partial charge in [-0.25, -0.2) is 9.80 Å². The Bertz CT molecular complexity index is 937. The summed E-state index contributed by atoms with van der Waals surface area (Å²) >= 11 is 0. The van der Waals surface area contributed by atoms with Crippen LogP contribution in [0.2, 0.25) is 0 Å². The molecule has 0 saturated heterocycles. The summed E-state index contributed by atoms with van der Waals surface area (Å²) in [4.78, 5) is 11.3. The maximum absolute atomic E-state index is 11.3. The van der Waals surface area contributed by atoms with Gasteiger partial charge in [0.2, 0.25) is 0 Å². The van der Waals surface area contributed by atoms with Gasteiger partial charge in [0, 0.05) is 17.5 Å². The van der Waals surface area contributed by atoms with Gasteiger partial charge in [0.1, 0.15) is 24.0 Å². The minimum absolute atomic E-state index is 0.0383. The van der Waals surface area contributed by atoms with E-state index in [9.17, 15) is 4.79 Å². The van der Waals surface area contributed by atoms with E-state index in [0.29, 0.717) is 24.5 Å². The second-order valence-electron chi connectivity index (χ2n) is 5.54. The monoisotopic (exact) mass is 321 g/mol. The zero-order valence-electron chi connectivity index (χ0n) is 12.8. The van der Waals surface area contributed by atoms with E-state index < -0.39 is 0 Å². The van der Waals surface area contributed by atoms with Gasteiger partial charge in [-0.2, -0.15) is 5.11 Å². The Labute approximate surface area is 138 Å². The molecule has 1 aromatic heterocycles. The van der Waals surface area contributed by atoms with E-state index in [1.165, 1.54) is 6.07 Å². The zero-order chi connectivity index (χ0) is 16.4. The summed E-state index contributed by atoms with van der Waals surface area (Å²) in [5.41, 5.74) is 1.15. The lowest BCUT2D eigenvalue weighted by Crippen LogP contribution is -2.25. The lowest BCUT2D eigenvalue weighted by molar-refractivity contribution is 0.295. The van der Waals surface area contributed by atoms with Crippen molar-refractivity contribution in [2.75, 3.05) is 18.2 Å². The van der Waals surface area contributed by atoms with Crippen molar-refractivity contribution in [3.8, 4) is 5.75 Å². The quantitative estimate of drug-likeness (QED) is 0.690. The number of benzene rings is 2.